The van der Waals surface area contributed by atoms with Gasteiger partial charge in [-0.1, -0.05) is 42.8 Å². The second-order valence-electron chi connectivity index (χ2n) is 5.71. The van der Waals surface area contributed by atoms with Crippen molar-refractivity contribution in [2.45, 2.75) is 26.3 Å². The summed E-state index contributed by atoms with van der Waals surface area (Å²) in [5.41, 5.74) is 5.19. The van der Waals surface area contributed by atoms with Gasteiger partial charge in [0.1, 0.15) is 5.75 Å². The van der Waals surface area contributed by atoms with Crippen LogP contribution in [0.5, 0.6) is 5.75 Å². The number of benzene rings is 2. The first-order valence-corrected chi connectivity index (χ1v) is 7.18. The summed E-state index contributed by atoms with van der Waals surface area (Å²) in [6, 6.07) is 15.3. The van der Waals surface area contributed by atoms with Gasteiger partial charge >= 0.3 is 0 Å². The Morgan fingerprint density at radius 2 is 1.95 bits per heavy atom. The van der Waals surface area contributed by atoms with Crippen LogP contribution in [0.2, 0.25) is 0 Å². The number of aryl methyl sites for hydroxylation is 1. The van der Waals surface area contributed by atoms with Gasteiger partial charge in [-0.15, -0.1) is 0 Å². The molecule has 1 aliphatic rings. The summed E-state index contributed by atoms with van der Waals surface area (Å²) < 4.78 is 5.55. The van der Waals surface area contributed by atoms with Gasteiger partial charge in [-0.25, -0.2) is 0 Å². The SMILES string of the molecule is COc1ccc(C)cc1C1Nc2ccccc2CC1C. The molecule has 2 aromatic rings. The minimum atomic E-state index is 0.305. The van der Waals surface area contributed by atoms with E-state index in [0.29, 0.717) is 12.0 Å². The highest BCUT2D eigenvalue weighted by molar-refractivity contribution is 5.56. The van der Waals surface area contributed by atoms with Crippen LogP contribution in [0, 0.1) is 12.8 Å². The van der Waals surface area contributed by atoms with Crippen LogP contribution in [0.3, 0.4) is 0 Å². The maximum atomic E-state index is 5.55. The number of nitrogens with one attached hydrogen (secondary N) is 1. The van der Waals surface area contributed by atoms with Crippen LogP contribution in [0.25, 0.3) is 0 Å². The van der Waals surface area contributed by atoms with Crippen molar-refractivity contribution in [3.05, 3.63) is 59.2 Å². The summed E-state index contributed by atoms with van der Waals surface area (Å²) >= 11 is 0. The summed E-state index contributed by atoms with van der Waals surface area (Å²) in [4.78, 5) is 0. The number of anilines is 1. The highest BCUT2D eigenvalue weighted by Gasteiger charge is 2.27. The van der Waals surface area contributed by atoms with E-state index in [4.69, 9.17) is 4.74 Å². The first kappa shape index (κ1) is 13.0. The largest absolute Gasteiger partial charge is 0.496 e. The van der Waals surface area contributed by atoms with E-state index in [1.54, 1.807) is 7.11 Å². The topological polar surface area (TPSA) is 21.3 Å². The lowest BCUT2D eigenvalue weighted by Gasteiger charge is -2.34. The molecule has 2 nitrogen and oxygen atoms in total. The Kier molecular flexibility index (Phi) is 3.39. The van der Waals surface area contributed by atoms with E-state index >= 15 is 0 Å². The second kappa shape index (κ2) is 5.20. The molecule has 0 aromatic heterocycles. The Hall–Kier alpha value is -1.96. The number of rotatable bonds is 2. The van der Waals surface area contributed by atoms with Gasteiger partial charge in [-0.2, -0.15) is 0 Å². The molecule has 2 atom stereocenters. The second-order valence-corrected chi connectivity index (χ2v) is 5.71. The summed E-state index contributed by atoms with van der Waals surface area (Å²) in [7, 11) is 1.75. The van der Waals surface area contributed by atoms with E-state index in [2.05, 4.69) is 61.6 Å². The number of fused-ring (bicyclic) bond motifs is 1. The lowest BCUT2D eigenvalue weighted by molar-refractivity contribution is 0.393. The summed E-state index contributed by atoms with van der Waals surface area (Å²) in [5, 5.41) is 3.68. The van der Waals surface area contributed by atoms with Crippen molar-refractivity contribution < 1.29 is 4.74 Å². The lowest BCUT2D eigenvalue weighted by Crippen LogP contribution is -2.26. The zero-order valence-electron chi connectivity index (χ0n) is 12.3. The maximum Gasteiger partial charge on any atom is 0.124 e. The number of para-hydroxylation sites is 1. The molecule has 20 heavy (non-hydrogen) atoms. The van der Waals surface area contributed by atoms with E-state index in [-0.39, 0.29) is 0 Å². The standard InChI is InChI=1S/C18H21NO/c1-12-8-9-17(20-3)15(10-12)18-13(2)11-14-6-4-5-7-16(14)19-18/h4-10,13,18-19H,11H2,1-3H3. The van der Waals surface area contributed by atoms with Crippen LogP contribution < -0.4 is 10.1 Å². The molecule has 0 saturated carbocycles. The van der Waals surface area contributed by atoms with Crippen LogP contribution in [0.1, 0.15) is 29.7 Å². The molecule has 2 aromatic carbocycles. The van der Waals surface area contributed by atoms with E-state index in [0.717, 1.165) is 12.2 Å². The van der Waals surface area contributed by atoms with Crippen molar-refractivity contribution in [3.63, 3.8) is 0 Å². The molecule has 1 heterocycles. The molecule has 0 spiro atoms. The fourth-order valence-corrected chi connectivity index (χ4v) is 3.09. The minimum absolute atomic E-state index is 0.305. The zero-order valence-corrected chi connectivity index (χ0v) is 12.3. The van der Waals surface area contributed by atoms with Crippen molar-refractivity contribution in [2.75, 3.05) is 12.4 Å². The molecular formula is C18H21NO. The van der Waals surface area contributed by atoms with Crippen molar-refractivity contribution in [1.29, 1.82) is 0 Å². The third kappa shape index (κ3) is 2.26. The smallest absolute Gasteiger partial charge is 0.124 e. The third-order valence-electron chi connectivity index (χ3n) is 4.16. The molecule has 1 aliphatic heterocycles. The Morgan fingerprint density at radius 1 is 1.15 bits per heavy atom. The lowest BCUT2D eigenvalue weighted by atomic mass is 9.84. The van der Waals surface area contributed by atoms with Crippen LogP contribution in [-0.2, 0) is 6.42 Å². The molecule has 1 N–H and O–H groups in total. The van der Waals surface area contributed by atoms with Gasteiger partial charge in [-0.05, 0) is 37.0 Å². The Labute approximate surface area is 120 Å². The van der Waals surface area contributed by atoms with Crippen LogP contribution in [0.15, 0.2) is 42.5 Å². The number of ether oxygens (including phenoxy) is 1. The van der Waals surface area contributed by atoms with Crippen molar-refractivity contribution in [2.24, 2.45) is 5.92 Å². The molecule has 0 amide bonds. The van der Waals surface area contributed by atoms with Gasteiger partial charge in [0.2, 0.25) is 0 Å². The predicted octanol–water partition coefficient (Wildman–Crippen LogP) is 4.35. The van der Waals surface area contributed by atoms with E-state index in [1.165, 1.54) is 22.4 Å². The van der Waals surface area contributed by atoms with Gasteiger partial charge in [0.15, 0.2) is 0 Å². The number of hydrogen-bond acceptors (Lipinski definition) is 2. The van der Waals surface area contributed by atoms with Crippen molar-refractivity contribution in [3.8, 4) is 5.75 Å². The molecule has 0 aliphatic carbocycles. The Balaban J connectivity index is 2.01. The summed E-state index contributed by atoms with van der Waals surface area (Å²) in [6.45, 7) is 4.43. The number of methoxy groups -OCH3 is 1. The minimum Gasteiger partial charge on any atom is -0.496 e. The van der Waals surface area contributed by atoms with E-state index in [1.807, 2.05) is 0 Å². The molecule has 3 rings (SSSR count). The van der Waals surface area contributed by atoms with Crippen molar-refractivity contribution >= 4 is 5.69 Å². The maximum absolute atomic E-state index is 5.55. The van der Waals surface area contributed by atoms with E-state index in [9.17, 15) is 0 Å². The van der Waals surface area contributed by atoms with Gasteiger partial charge in [-0.3, -0.25) is 0 Å². The van der Waals surface area contributed by atoms with Gasteiger partial charge in [0.25, 0.3) is 0 Å². The summed E-state index contributed by atoms with van der Waals surface area (Å²) in [5.74, 6) is 1.51. The molecular weight excluding hydrogens is 246 g/mol. The highest BCUT2D eigenvalue weighted by Crippen LogP contribution is 2.39. The first-order chi connectivity index (χ1) is 9.69. The molecule has 104 valence electrons. The molecule has 0 fully saturated rings. The Bertz CT molecular complexity index is 621. The zero-order chi connectivity index (χ0) is 14.1. The van der Waals surface area contributed by atoms with E-state index < -0.39 is 0 Å². The molecule has 0 bridgehead atoms. The monoisotopic (exact) mass is 267 g/mol. The number of hydrogen-bond donors (Lipinski definition) is 1. The molecule has 0 radical (unpaired) electrons. The Morgan fingerprint density at radius 3 is 2.75 bits per heavy atom. The van der Waals surface area contributed by atoms with Crippen LogP contribution >= 0.6 is 0 Å². The molecule has 2 heteroatoms. The molecule has 2 unspecified atom stereocenters. The van der Waals surface area contributed by atoms with Crippen molar-refractivity contribution in [1.82, 2.24) is 0 Å². The molecule has 0 saturated heterocycles. The fourth-order valence-electron chi connectivity index (χ4n) is 3.09. The third-order valence-corrected chi connectivity index (χ3v) is 4.16. The average molecular weight is 267 g/mol. The fraction of sp³-hybridized carbons (Fsp3) is 0.333. The summed E-state index contributed by atoms with van der Waals surface area (Å²) in [6.07, 6.45) is 1.10. The highest BCUT2D eigenvalue weighted by atomic mass is 16.5. The van der Waals surface area contributed by atoms with Gasteiger partial charge < -0.3 is 10.1 Å². The average Bonchev–Trinajstić information content (AvgIpc) is 2.46. The van der Waals surface area contributed by atoms with Gasteiger partial charge in [0, 0.05) is 11.3 Å². The van der Waals surface area contributed by atoms with Crippen LogP contribution in [0.4, 0.5) is 5.69 Å². The first-order valence-electron chi connectivity index (χ1n) is 7.18. The normalized spacial score (nSPS) is 20.9. The predicted molar refractivity (Wildman–Crippen MR) is 83.4 cm³/mol. The quantitative estimate of drug-likeness (QED) is 0.873. The van der Waals surface area contributed by atoms with Gasteiger partial charge in [0.05, 0.1) is 13.2 Å². The van der Waals surface area contributed by atoms with Crippen LogP contribution in [-0.4, -0.2) is 7.11 Å².